The van der Waals surface area contributed by atoms with Crippen LogP contribution in [0.4, 0.5) is 0 Å². The summed E-state index contributed by atoms with van der Waals surface area (Å²) in [6.07, 6.45) is 8.08. The van der Waals surface area contributed by atoms with E-state index in [1.807, 2.05) is 6.20 Å². The van der Waals surface area contributed by atoms with Gasteiger partial charge in [-0.15, -0.1) is 11.2 Å². The molecule has 0 spiro atoms. The quantitative estimate of drug-likeness (QED) is 0.486. The van der Waals surface area contributed by atoms with Crippen molar-refractivity contribution in [3.8, 4) is 0 Å². The van der Waals surface area contributed by atoms with Crippen LogP contribution in [0.5, 0.6) is 0 Å². The van der Waals surface area contributed by atoms with Gasteiger partial charge in [0.1, 0.15) is 7.22 Å². The van der Waals surface area contributed by atoms with Gasteiger partial charge >= 0.3 is 0 Å². The lowest BCUT2D eigenvalue weighted by Gasteiger charge is -2.42. The van der Waals surface area contributed by atoms with E-state index in [4.69, 9.17) is 0 Å². The number of amides is 1. The van der Waals surface area contributed by atoms with Gasteiger partial charge in [-0.1, -0.05) is 54.4 Å². The maximum absolute atomic E-state index is 12.1. The summed E-state index contributed by atoms with van der Waals surface area (Å²) < 4.78 is 0. The molecule has 1 aliphatic rings. The summed E-state index contributed by atoms with van der Waals surface area (Å²) in [5, 5.41) is 3.16. The third-order valence-corrected chi connectivity index (χ3v) is 18.4. The molecule has 2 rings (SSSR count). The second-order valence-corrected chi connectivity index (χ2v) is 17.5. The molecule has 152 valence electrons. The van der Waals surface area contributed by atoms with E-state index in [0.717, 1.165) is 41.6 Å². The van der Waals surface area contributed by atoms with E-state index >= 15 is 0 Å². The molecule has 0 bridgehead atoms. The van der Waals surface area contributed by atoms with Gasteiger partial charge in [0.25, 0.3) is 0 Å². The van der Waals surface area contributed by atoms with Crippen LogP contribution in [0.1, 0.15) is 79.3 Å². The van der Waals surface area contributed by atoms with Crippen LogP contribution in [0, 0.1) is 0 Å². The molecule has 0 saturated heterocycles. The zero-order valence-corrected chi connectivity index (χ0v) is 19.9. The molecule has 1 aliphatic carbocycles. The SMILES string of the molecule is CC(C)[Si](Sc1ccc(CCC(=O)NC2CCCC2)nc1)(C(C)C)C(C)C. The Balaban J connectivity index is 1.94. The fourth-order valence-electron chi connectivity index (χ4n) is 4.79. The number of pyridine rings is 1. The summed E-state index contributed by atoms with van der Waals surface area (Å²) in [6, 6.07) is 4.74. The summed E-state index contributed by atoms with van der Waals surface area (Å²) in [5.74, 6) is 0.174. The molecule has 1 saturated carbocycles. The Morgan fingerprint density at radius 1 is 1.11 bits per heavy atom. The van der Waals surface area contributed by atoms with Crippen molar-refractivity contribution in [2.24, 2.45) is 0 Å². The molecule has 0 aliphatic heterocycles. The maximum atomic E-state index is 12.1. The van der Waals surface area contributed by atoms with E-state index in [9.17, 15) is 4.79 Å². The molecule has 27 heavy (non-hydrogen) atoms. The average Bonchev–Trinajstić information content (AvgIpc) is 3.10. The second-order valence-electron chi connectivity index (χ2n) is 8.95. The number of aromatic nitrogens is 1. The predicted octanol–water partition coefficient (Wildman–Crippen LogP) is 6.34. The van der Waals surface area contributed by atoms with Crippen LogP contribution < -0.4 is 5.32 Å². The van der Waals surface area contributed by atoms with Crippen LogP contribution in [0.25, 0.3) is 0 Å². The Labute approximate surface area is 171 Å². The van der Waals surface area contributed by atoms with E-state index in [0.29, 0.717) is 12.5 Å². The van der Waals surface area contributed by atoms with E-state index in [-0.39, 0.29) is 5.91 Å². The normalized spacial score (nSPS) is 15.9. The second kappa shape index (κ2) is 10.1. The molecule has 0 radical (unpaired) electrons. The van der Waals surface area contributed by atoms with Gasteiger partial charge in [-0.2, -0.15) is 0 Å². The van der Waals surface area contributed by atoms with Crippen LogP contribution in [0.2, 0.25) is 16.6 Å². The predicted molar refractivity (Wildman–Crippen MR) is 120 cm³/mol. The first-order valence-corrected chi connectivity index (χ1v) is 14.5. The molecule has 1 heterocycles. The van der Waals surface area contributed by atoms with Gasteiger partial charge in [-0.3, -0.25) is 9.78 Å². The van der Waals surface area contributed by atoms with Gasteiger partial charge in [0.2, 0.25) is 5.91 Å². The number of rotatable bonds is 9. The highest BCUT2D eigenvalue weighted by Crippen LogP contribution is 2.51. The number of carbonyl (C=O) groups is 1. The lowest BCUT2D eigenvalue weighted by Crippen LogP contribution is -2.40. The van der Waals surface area contributed by atoms with Crippen molar-refractivity contribution in [1.82, 2.24) is 10.3 Å². The molecule has 1 fully saturated rings. The van der Waals surface area contributed by atoms with Gasteiger partial charge in [-0.05, 0) is 48.0 Å². The summed E-state index contributed by atoms with van der Waals surface area (Å²) in [6.45, 7) is 14.4. The van der Waals surface area contributed by atoms with E-state index in [2.05, 4.69) is 75.2 Å². The Hall–Kier alpha value is -0.813. The van der Waals surface area contributed by atoms with Crippen LogP contribution in [0.15, 0.2) is 23.2 Å². The molecular formula is C22H38N2OSSi. The maximum Gasteiger partial charge on any atom is 0.220 e. The summed E-state index contributed by atoms with van der Waals surface area (Å²) in [5.41, 5.74) is 3.19. The number of nitrogens with zero attached hydrogens (tertiary/aromatic N) is 1. The summed E-state index contributed by atoms with van der Waals surface area (Å²) in [4.78, 5) is 18.1. The number of nitrogens with one attached hydrogen (secondary N) is 1. The average molecular weight is 407 g/mol. The first kappa shape index (κ1) is 22.5. The highest BCUT2D eigenvalue weighted by Gasteiger charge is 2.44. The van der Waals surface area contributed by atoms with Gasteiger partial charge in [0.15, 0.2) is 0 Å². The van der Waals surface area contributed by atoms with Crippen molar-refractivity contribution in [3.05, 3.63) is 24.0 Å². The van der Waals surface area contributed by atoms with Crippen molar-refractivity contribution in [2.75, 3.05) is 0 Å². The van der Waals surface area contributed by atoms with E-state index in [1.165, 1.54) is 17.7 Å². The smallest absolute Gasteiger partial charge is 0.220 e. The van der Waals surface area contributed by atoms with Crippen molar-refractivity contribution < 1.29 is 4.79 Å². The standard InChI is InChI=1S/C22H38N2OSSi/c1-16(2)27(17(3)4,18(5)6)26-21-13-11-19(23-15-21)12-14-22(25)24-20-9-7-8-10-20/h11,13,15-18,20H,7-10,12,14H2,1-6H3,(H,24,25). The van der Waals surface area contributed by atoms with Crippen molar-refractivity contribution in [1.29, 1.82) is 0 Å². The lowest BCUT2D eigenvalue weighted by atomic mass is 10.2. The molecule has 0 unspecified atom stereocenters. The Morgan fingerprint density at radius 2 is 1.70 bits per heavy atom. The van der Waals surface area contributed by atoms with Crippen molar-refractivity contribution in [3.63, 3.8) is 0 Å². The van der Waals surface area contributed by atoms with Crippen molar-refractivity contribution in [2.45, 2.75) is 108 Å². The van der Waals surface area contributed by atoms with Crippen LogP contribution in [-0.2, 0) is 11.2 Å². The fraction of sp³-hybridized carbons (Fsp3) is 0.727. The summed E-state index contributed by atoms with van der Waals surface area (Å²) >= 11 is 2.11. The topological polar surface area (TPSA) is 42.0 Å². The molecule has 1 aromatic heterocycles. The highest BCUT2D eigenvalue weighted by molar-refractivity contribution is 8.29. The largest absolute Gasteiger partial charge is 0.353 e. The minimum Gasteiger partial charge on any atom is -0.353 e. The molecule has 0 aromatic carbocycles. The highest BCUT2D eigenvalue weighted by atomic mass is 32.4. The molecule has 1 aromatic rings. The number of hydrogen-bond donors (Lipinski definition) is 1. The van der Waals surface area contributed by atoms with Crippen LogP contribution in [-0.4, -0.2) is 24.2 Å². The van der Waals surface area contributed by atoms with E-state index < -0.39 is 7.22 Å². The molecular weight excluding hydrogens is 368 g/mol. The monoisotopic (exact) mass is 406 g/mol. The van der Waals surface area contributed by atoms with Gasteiger partial charge < -0.3 is 5.32 Å². The molecule has 1 N–H and O–H groups in total. The van der Waals surface area contributed by atoms with E-state index in [1.54, 1.807) is 0 Å². The Kier molecular flexibility index (Phi) is 8.41. The third kappa shape index (κ3) is 5.83. The minimum absolute atomic E-state index is 0.174. The van der Waals surface area contributed by atoms with Crippen molar-refractivity contribution >= 4 is 24.3 Å². The van der Waals surface area contributed by atoms with Crippen LogP contribution >= 0.6 is 11.2 Å². The molecule has 1 amide bonds. The third-order valence-electron chi connectivity index (χ3n) is 6.13. The fourth-order valence-corrected chi connectivity index (χ4v) is 13.9. The number of aryl methyl sites for hydroxylation is 1. The molecule has 5 heteroatoms. The first-order valence-electron chi connectivity index (χ1n) is 10.7. The lowest BCUT2D eigenvalue weighted by molar-refractivity contribution is -0.121. The van der Waals surface area contributed by atoms with Crippen LogP contribution in [0.3, 0.4) is 0 Å². The van der Waals surface area contributed by atoms with Gasteiger partial charge in [0, 0.05) is 29.2 Å². The minimum atomic E-state index is -1.53. The zero-order valence-electron chi connectivity index (χ0n) is 18.0. The first-order chi connectivity index (χ1) is 12.8. The molecule has 0 atom stereocenters. The van der Waals surface area contributed by atoms with Gasteiger partial charge in [-0.25, -0.2) is 0 Å². The molecule has 3 nitrogen and oxygen atoms in total. The summed E-state index contributed by atoms with van der Waals surface area (Å²) in [7, 11) is -1.53. The van der Waals surface area contributed by atoms with Gasteiger partial charge in [0.05, 0.1) is 0 Å². The number of carbonyl (C=O) groups excluding carboxylic acids is 1. The number of hydrogen-bond acceptors (Lipinski definition) is 3. The zero-order chi connectivity index (χ0) is 20.0. The Bertz CT molecular complexity index is 573. The Morgan fingerprint density at radius 3 is 2.19 bits per heavy atom.